The van der Waals surface area contributed by atoms with Crippen molar-refractivity contribution in [3.05, 3.63) is 99.8 Å². The van der Waals surface area contributed by atoms with Gasteiger partial charge < -0.3 is 10.3 Å². The number of fused-ring (bicyclic) bond motifs is 1. The number of benzene rings is 2. The van der Waals surface area contributed by atoms with Crippen molar-refractivity contribution < 1.29 is 9.18 Å². The summed E-state index contributed by atoms with van der Waals surface area (Å²) in [5.41, 5.74) is 5.82. The molecule has 11 heteroatoms. The first-order chi connectivity index (χ1) is 18.8. The van der Waals surface area contributed by atoms with Gasteiger partial charge in [0.15, 0.2) is 6.29 Å². The van der Waals surface area contributed by atoms with Gasteiger partial charge in [-0.1, -0.05) is 37.0 Å². The van der Waals surface area contributed by atoms with Crippen molar-refractivity contribution in [3.63, 3.8) is 0 Å². The van der Waals surface area contributed by atoms with E-state index in [2.05, 4.69) is 56.4 Å². The number of aryl methyl sites for hydroxylation is 2. The van der Waals surface area contributed by atoms with Crippen molar-refractivity contribution in [2.75, 3.05) is 13.6 Å². The highest BCUT2D eigenvalue weighted by Gasteiger charge is 2.08. The highest BCUT2D eigenvalue weighted by atomic mass is 35.5. The molecule has 3 heterocycles. The van der Waals surface area contributed by atoms with Gasteiger partial charge in [0, 0.05) is 19.2 Å². The molecule has 0 spiro atoms. The molecule has 0 atom stereocenters. The molecule has 5 aromatic rings. The highest BCUT2D eigenvalue weighted by molar-refractivity contribution is 6.38. The van der Waals surface area contributed by atoms with Gasteiger partial charge in [-0.2, -0.15) is 0 Å². The first-order valence-electron chi connectivity index (χ1n) is 12.3. The molecular formula is C28H32Cl2FN7O. The van der Waals surface area contributed by atoms with Crippen LogP contribution in [-0.4, -0.2) is 49.6 Å². The van der Waals surface area contributed by atoms with E-state index < -0.39 is 0 Å². The molecule has 0 saturated heterocycles. The zero-order valence-corrected chi connectivity index (χ0v) is 24.1. The molecule has 2 N–H and O–H groups in total. The number of nitrogens with one attached hydrogen (secondary N) is 2. The molecule has 0 aliphatic rings. The summed E-state index contributed by atoms with van der Waals surface area (Å²) in [6.45, 7) is 9.21. The van der Waals surface area contributed by atoms with Gasteiger partial charge in [-0.15, -0.1) is 10.2 Å². The summed E-state index contributed by atoms with van der Waals surface area (Å²) in [7, 11) is 1.96. The Labute approximate surface area is 237 Å². The maximum Gasteiger partial charge on any atom is 0.153 e. The summed E-state index contributed by atoms with van der Waals surface area (Å²) >= 11 is 11.8. The predicted molar refractivity (Wildman–Crippen MR) is 156 cm³/mol. The Kier molecular flexibility index (Phi) is 13.2. The minimum Gasteiger partial charge on any atom is -0.342 e. The zero-order chi connectivity index (χ0) is 28.8. The molecule has 2 aromatic carbocycles. The number of carbonyl (C=O) groups is 1. The smallest absolute Gasteiger partial charge is 0.153 e. The van der Waals surface area contributed by atoms with Crippen LogP contribution >= 0.6 is 23.2 Å². The van der Waals surface area contributed by atoms with Gasteiger partial charge in [0.1, 0.15) is 24.3 Å². The molecule has 0 radical (unpaired) electrons. The third-order valence-corrected chi connectivity index (χ3v) is 5.91. The zero-order valence-electron chi connectivity index (χ0n) is 22.5. The topological polar surface area (TPSA) is 101 Å². The van der Waals surface area contributed by atoms with Crippen molar-refractivity contribution in [2.45, 2.75) is 34.1 Å². The average Bonchev–Trinajstić information content (AvgIpc) is 3.60. The molecule has 0 aliphatic carbocycles. The highest BCUT2D eigenvalue weighted by Crippen LogP contribution is 2.26. The van der Waals surface area contributed by atoms with Gasteiger partial charge in [-0.05, 0) is 68.4 Å². The Morgan fingerprint density at radius 1 is 1.05 bits per heavy atom. The lowest BCUT2D eigenvalue weighted by molar-refractivity contribution is 0.112. The fourth-order valence-corrected chi connectivity index (χ4v) is 3.76. The molecule has 8 nitrogen and oxygen atoms in total. The SMILES string of the molecule is CC.CNCCc1nc2cc(C)c(C)cc2[nH]1.Fc1cccnc1.O=Cc1c(Cl)cc(-n2cnnc2)cc1Cl. The van der Waals surface area contributed by atoms with Crippen LogP contribution in [0.15, 0.2) is 61.4 Å². The van der Waals surface area contributed by atoms with E-state index in [4.69, 9.17) is 23.2 Å². The van der Waals surface area contributed by atoms with Crippen LogP contribution in [0.5, 0.6) is 0 Å². The Morgan fingerprint density at radius 3 is 2.21 bits per heavy atom. The van der Waals surface area contributed by atoms with E-state index in [1.807, 2.05) is 20.9 Å². The first kappa shape index (κ1) is 31.6. The molecule has 5 rings (SSSR count). The standard InChI is InChI=1S/C12H17N3.C9H5Cl2N3O.C5H4FN.C2H6/c1-8-6-10-11(7-9(8)2)15-12(14-10)4-5-13-3;10-8-1-6(14-4-12-13-5-14)2-9(11)7(8)3-15;6-5-2-1-3-7-4-5;1-2/h6-7,13H,4-5H2,1-3H3,(H,14,15);1-5H;1-4H;1-2H3. The molecule has 39 heavy (non-hydrogen) atoms. The Hall–Kier alpha value is -3.66. The minimum absolute atomic E-state index is 0.287. The largest absolute Gasteiger partial charge is 0.342 e. The quantitative estimate of drug-likeness (QED) is 0.231. The summed E-state index contributed by atoms with van der Waals surface area (Å²) in [6.07, 6.45) is 7.30. The van der Waals surface area contributed by atoms with Crippen molar-refractivity contribution in [2.24, 2.45) is 0 Å². The molecule has 0 bridgehead atoms. The van der Waals surface area contributed by atoms with Gasteiger partial charge in [-0.25, -0.2) is 9.37 Å². The van der Waals surface area contributed by atoms with Gasteiger partial charge in [0.2, 0.25) is 0 Å². The monoisotopic (exact) mass is 571 g/mol. The van der Waals surface area contributed by atoms with Crippen LogP contribution in [-0.2, 0) is 6.42 Å². The fourth-order valence-electron chi connectivity index (χ4n) is 3.19. The number of carbonyl (C=O) groups excluding carboxylic acids is 1. The number of H-pyrrole nitrogens is 1. The number of aromatic amines is 1. The summed E-state index contributed by atoms with van der Waals surface area (Å²) in [5, 5.41) is 11.1. The van der Waals surface area contributed by atoms with E-state index in [1.165, 1.54) is 42.2 Å². The number of likely N-dealkylation sites (N-methyl/N-ethyl adjacent to an activating group) is 1. The van der Waals surface area contributed by atoms with Gasteiger partial charge in [0.05, 0.1) is 38.5 Å². The Bertz CT molecular complexity index is 1380. The van der Waals surface area contributed by atoms with Crippen LogP contribution in [0.3, 0.4) is 0 Å². The molecular weight excluding hydrogens is 540 g/mol. The number of nitrogens with zero attached hydrogens (tertiary/aromatic N) is 5. The maximum atomic E-state index is 11.8. The van der Waals surface area contributed by atoms with E-state index in [9.17, 15) is 9.18 Å². The number of hydrogen-bond acceptors (Lipinski definition) is 6. The lowest BCUT2D eigenvalue weighted by Gasteiger charge is -2.05. The second-order valence-electron chi connectivity index (χ2n) is 7.97. The number of aromatic nitrogens is 6. The fraction of sp³-hybridized carbons (Fsp3) is 0.250. The van der Waals surface area contributed by atoms with Crippen LogP contribution < -0.4 is 5.32 Å². The number of aldehydes is 1. The van der Waals surface area contributed by atoms with Crippen LogP contribution in [0.25, 0.3) is 16.7 Å². The van der Waals surface area contributed by atoms with E-state index in [0.29, 0.717) is 22.0 Å². The summed E-state index contributed by atoms with van der Waals surface area (Å²) in [5.74, 6) is 0.770. The van der Waals surface area contributed by atoms with E-state index >= 15 is 0 Å². The van der Waals surface area contributed by atoms with Crippen molar-refractivity contribution in [1.82, 2.24) is 35.0 Å². The van der Waals surface area contributed by atoms with Crippen LogP contribution in [0.2, 0.25) is 10.0 Å². The van der Waals surface area contributed by atoms with E-state index in [-0.39, 0.29) is 11.4 Å². The lowest BCUT2D eigenvalue weighted by atomic mass is 10.1. The van der Waals surface area contributed by atoms with E-state index in [0.717, 1.165) is 29.8 Å². The molecule has 0 unspecified atom stereocenters. The number of imidazole rings is 1. The molecule has 0 amide bonds. The second-order valence-corrected chi connectivity index (χ2v) is 8.79. The summed E-state index contributed by atoms with van der Waals surface area (Å²) in [4.78, 5) is 22.1. The number of hydrogen-bond donors (Lipinski definition) is 2. The third kappa shape index (κ3) is 9.55. The van der Waals surface area contributed by atoms with Crippen molar-refractivity contribution >= 4 is 40.5 Å². The van der Waals surface area contributed by atoms with Crippen molar-refractivity contribution in [3.8, 4) is 5.69 Å². The third-order valence-electron chi connectivity index (χ3n) is 5.28. The Balaban J connectivity index is 0.000000211. The number of rotatable bonds is 5. The van der Waals surface area contributed by atoms with Gasteiger partial charge in [0.25, 0.3) is 0 Å². The summed E-state index contributed by atoms with van der Waals surface area (Å²) < 4.78 is 13.5. The number of halogens is 3. The Morgan fingerprint density at radius 2 is 1.69 bits per heavy atom. The molecule has 3 aromatic heterocycles. The predicted octanol–water partition coefficient (Wildman–Crippen LogP) is 6.58. The van der Waals surface area contributed by atoms with Crippen LogP contribution in [0, 0.1) is 19.7 Å². The van der Waals surface area contributed by atoms with E-state index in [1.54, 1.807) is 22.8 Å². The van der Waals surface area contributed by atoms with Crippen LogP contribution in [0.1, 0.15) is 41.2 Å². The maximum absolute atomic E-state index is 11.8. The normalized spacial score (nSPS) is 9.95. The first-order valence-corrected chi connectivity index (χ1v) is 13.0. The molecule has 0 aliphatic heterocycles. The molecule has 206 valence electrons. The van der Waals surface area contributed by atoms with Crippen LogP contribution in [0.4, 0.5) is 4.39 Å². The number of pyridine rings is 1. The van der Waals surface area contributed by atoms with Gasteiger partial charge in [-0.3, -0.25) is 14.3 Å². The second kappa shape index (κ2) is 16.3. The molecule has 0 saturated carbocycles. The summed E-state index contributed by atoms with van der Waals surface area (Å²) in [6, 6.07) is 10.5. The minimum atomic E-state index is -0.289. The molecule has 0 fully saturated rings. The average molecular weight is 573 g/mol. The lowest BCUT2D eigenvalue weighted by Crippen LogP contribution is -2.10. The van der Waals surface area contributed by atoms with Crippen molar-refractivity contribution in [1.29, 1.82) is 0 Å². The van der Waals surface area contributed by atoms with Gasteiger partial charge >= 0.3 is 0 Å².